The third kappa shape index (κ3) is 5.56. The van der Waals surface area contributed by atoms with Crippen molar-refractivity contribution in [2.45, 2.75) is 39.3 Å². The number of carboxylic acids is 1. The summed E-state index contributed by atoms with van der Waals surface area (Å²) in [6, 6.07) is 1.60. The summed E-state index contributed by atoms with van der Waals surface area (Å²) in [6.07, 6.45) is 1.68. The minimum absolute atomic E-state index is 0.0364. The highest BCUT2D eigenvalue weighted by Crippen LogP contribution is 2.09. The Labute approximate surface area is 112 Å². The molecular formula is C13H20N2O4. The second-order valence-electron chi connectivity index (χ2n) is 5.31. The van der Waals surface area contributed by atoms with Crippen molar-refractivity contribution in [2.24, 2.45) is 0 Å². The van der Waals surface area contributed by atoms with Crippen molar-refractivity contribution in [1.29, 1.82) is 0 Å². The van der Waals surface area contributed by atoms with Crippen LogP contribution in [0.2, 0.25) is 0 Å². The van der Waals surface area contributed by atoms with E-state index in [9.17, 15) is 9.59 Å². The smallest absolute Gasteiger partial charge is 0.372 e. The average molecular weight is 268 g/mol. The molecule has 0 saturated heterocycles. The summed E-state index contributed by atoms with van der Waals surface area (Å²) in [7, 11) is 0. The Balaban J connectivity index is 2.30. The van der Waals surface area contributed by atoms with E-state index in [0.717, 1.165) is 0 Å². The van der Waals surface area contributed by atoms with Gasteiger partial charge in [0.1, 0.15) is 0 Å². The Bertz CT molecular complexity index is 446. The van der Waals surface area contributed by atoms with E-state index in [-0.39, 0.29) is 17.2 Å². The molecule has 3 N–H and O–H groups in total. The van der Waals surface area contributed by atoms with Crippen molar-refractivity contribution in [1.82, 2.24) is 10.6 Å². The highest BCUT2D eigenvalue weighted by atomic mass is 16.4. The highest BCUT2D eigenvalue weighted by molar-refractivity contribution is 5.86. The van der Waals surface area contributed by atoms with Crippen molar-refractivity contribution in [3.63, 3.8) is 0 Å². The van der Waals surface area contributed by atoms with Crippen LogP contribution < -0.4 is 10.6 Å². The highest BCUT2D eigenvalue weighted by Gasteiger charge is 2.14. The van der Waals surface area contributed by atoms with Crippen LogP contribution in [0.15, 0.2) is 16.7 Å². The Hall–Kier alpha value is -1.82. The second kappa shape index (κ2) is 6.38. The Morgan fingerprint density at radius 3 is 2.63 bits per heavy atom. The Kier molecular flexibility index (Phi) is 5.11. The molecule has 0 fully saturated rings. The summed E-state index contributed by atoms with van der Waals surface area (Å²) >= 11 is 0. The zero-order chi connectivity index (χ0) is 14.5. The van der Waals surface area contributed by atoms with E-state index in [4.69, 9.17) is 9.52 Å². The molecule has 19 heavy (non-hydrogen) atoms. The predicted molar refractivity (Wildman–Crippen MR) is 69.9 cm³/mol. The Morgan fingerprint density at radius 1 is 1.37 bits per heavy atom. The first-order valence-corrected chi connectivity index (χ1v) is 6.11. The molecule has 1 aromatic rings. The molecule has 6 heteroatoms. The number of hydrogen-bond acceptors (Lipinski definition) is 4. The fraction of sp³-hybridized carbons (Fsp3) is 0.538. The van der Waals surface area contributed by atoms with Gasteiger partial charge in [0.05, 0.1) is 6.26 Å². The number of hydrogen-bond donors (Lipinski definition) is 3. The van der Waals surface area contributed by atoms with Crippen LogP contribution in [0, 0.1) is 0 Å². The molecule has 0 bridgehead atoms. The van der Waals surface area contributed by atoms with Crippen LogP contribution in [0.25, 0.3) is 0 Å². The number of amides is 1. The molecule has 0 aromatic carbocycles. The molecule has 1 amide bonds. The van der Waals surface area contributed by atoms with E-state index >= 15 is 0 Å². The van der Waals surface area contributed by atoms with Crippen LogP contribution in [0.4, 0.5) is 0 Å². The van der Waals surface area contributed by atoms with Crippen LogP contribution in [0.5, 0.6) is 0 Å². The minimum Gasteiger partial charge on any atom is -0.475 e. The van der Waals surface area contributed by atoms with E-state index in [1.165, 1.54) is 6.26 Å². The maximum Gasteiger partial charge on any atom is 0.372 e. The maximum absolute atomic E-state index is 11.5. The molecule has 6 nitrogen and oxygen atoms in total. The lowest BCUT2D eigenvalue weighted by atomic mass is 10.1. The van der Waals surface area contributed by atoms with E-state index in [1.807, 2.05) is 20.8 Å². The molecule has 0 unspecified atom stereocenters. The first kappa shape index (κ1) is 15.2. The molecule has 0 aliphatic carbocycles. The number of furan rings is 1. The van der Waals surface area contributed by atoms with Crippen molar-refractivity contribution in [3.05, 3.63) is 23.7 Å². The number of rotatable bonds is 6. The summed E-state index contributed by atoms with van der Waals surface area (Å²) in [5.74, 6) is -1.19. The molecule has 0 atom stereocenters. The molecule has 0 aliphatic rings. The number of nitrogens with one attached hydrogen (secondary N) is 2. The quantitative estimate of drug-likeness (QED) is 0.678. The van der Waals surface area contributed by atoms with Gasteiger partial charge in [0.25, 0.3) is 0 Å². The molecule has 1 aromatic heterocycles. The monoisotopic (exact) mass is 268 g/mol. The number of aromatic carboxylic acids is 1. The van der Waals surface area contributed by atoms with Crippen molar-refractivity contribution in [3.8, 4) is 0 Å². The van der Waals surface area contributed by atoms with Crippen LogP contribution in [-0.2, 0) is 11.3 Å². The number of carboxylic acid groups (broad SMARTS) is 1. The van der Waals surface area contributed by atoms with Gasteiger partial charge in [-0.05, 0) is 26.8 Å². The first-order chi connectivity index (χ1) is 8.79. The number of carbonyl (C=O) groups is 2. The van der Waals surface area contributed by atoms with E-state index in [1.54, 1.807) is 6.07 Å². The summed E-state index contributed by atoms with van der Waals surface area (Å²) in [5.41, 5.74) is 0.335. The van der Waals surface area contributed by atoms with E-state index in [0.29, 0.717) is 25.1 Å². The van der Waals surface area contributed by atoms with Gasteiger partial charge in [-0.1, -0.05) is 0 Å². The SMILES string of the molecule is CC(C)(C)NC(=O)CCNCc1ccoc1C(=O)O. The first-order valence-electron chi connectivity index (χ1n) is 6.11. The zero-order valence-electron chi connectivity index (χ0n) is 11.4. The minimum atomic E-state index is -1.09. The topological polar surface area (TPSA) is 91.6 Å². The molecule has 0 saturated carbocycles. The third-order valence-electron chi connectivity index (χ3n) is 2.30. The summed E-state index contributed by atoms with van der Waals surface area (Å²) < 4.78 is 4.85. The van der Waals surface area contributed by atoms with Gasteiger partial charge < -0.3 is 20.2 Å². The van der Waals surface area contributed by atoms with Crippen molar-refractivity contribution >= 4 is 11.9 Å². The van der Waals surface area contributed by atoms with Crippen LogP contribution in [0.3, 0.4) is 0 Å². The van der Waals surface area contributed by atoms with Gasteiger partial charge in [0.15, 0.2) is 0 Å². The van der Waals surface area contributed by atoms with Gasteiger partial charge in [0.2, 0.25) is 11.7 Å². The van der Waals surface area contributed by atoms with Crippen molar-refractivity contribution in [2.75, 3.05) is 6.54 Å². The second-order valence-corrected chi connectivity index (χ2v) is 5.31. The molecule has 106 valence electrons. The standard InChI is InChI=1S/C13H20N2O4/c1-13(2,3)15-10(16)4-6-14-8-9-5-7-19-11(9)12(17)18/h5,7,14H,4,6,8H2,1-3H3,(H,15,16)(H,17,18). The number of carbonyl (C=O) groups excluding carboxylic acids is 1. The van der Waals surface area contributed by atoms with Gasteiger partial charge in [-0.3, -0.25) is 4.79 Å². The largest absolute Gasteiger partial charge is 0.475 e. The molecule has 0 aliphatic heterocycles. The summed E-state index contributed by atoms with van der Waals surface area (Å²) in [4.78, 5) is 22.3. The zero-order valence-corrected chi connectivity index (χ0v) is 11.4. The lowest BCUT2D eigenvalue weighted by Crippen LogP contribution is -2.41. The fourth-order valence-corrected chi connectivity index (χ4v) is 1.57. The van der Waals surface area contributed by atoms with Gasteiger partial charge in [-0.2, -0.15) is 0 Å². The molecule has 0 spiro atoms. The van der Waals surface area contributed by atoms with Crippen LogP contribution in [-0.4, -0.2) is 29.1 Å². The lowest BCUT2D eigenvalue weighted by molar-refractivity contribution is -0.122. The molecule has 1 rings (SSSR count). The Morgan fingerprint density at radius 2 is 2.05 bits per heavy atom. The van der Waals surface area contributed by atoms with Gasteiger partial charge >= 0.3 is 5.97 Å². The molecular weight excluding hydrogens is 248 g/mol. The molecule has 0 radical (unpaired) electrons. The lowest BCUT2D eigenvalue weighted by Gasteiger charge is -2.20. The average Bonchev–Trinajstić information content (AvgIpc) is 2.70. The summed E-state index contributed by atoms with van der Waals surface area (Å²) in [5, 5.41) is 14.7. The normalized spacial score (nSPS) is 11.3. The van der Waals surface area contributed by atoms with Crippen LogP contribution in [0.1, 0.15) is 43.3 Å². The van der Waals surface area contributed by atoms with E-state index in [2.05, 4.69) is 10.6 Å². The fourth-order valence-electron chi connectivity index (χ4n) is 1.57. The van der Waals surface area contributed by atoms with E-state index < -0.39 is 5.97 Å². The van der Waals surface area contributed by atoms with Gasteiger partial charge in [-0.25, -0.2) is 4.79 Å². The predicted octanol–water partition coefficient (Wildman–Crippen LogP) is 1.37. The van der Waals surface area contributed by atoms with Crippen molar-refractivity contribution < 1.29 is 19.1 Å². The van der Waals surface area contributed by atoms with Gasteiger partial charge in [-0.15, -0.1) is 0 Å². The maximum atomic E-state index is 11.5. The van der Waals surface area contributed by atoms with Crippen LogP contribution >= 0.6 is 0 Å². The van der Waals surface area contributed by atoms with Gasteiger partial charge in [0, 0.05) is 30.6 Å². The summed E-state index contributed by atoms with van der Waals surface area (Å²) in [6.45, 7) is 6.60. The third-order valence-corrected chi connectivity index (χ3v) is 2.30. The molecule has 1 heterocycles.